The van der Waals surface area contributed by atoms with Gasteiger partial charge in [0.05, 0.1) is 18.3 Å². The van der Waals surface area contributed by atoms with Crippen LogP contribution in [-0.4, -0.2) is 31.2 Å². The van der Waals surface area contributed by atoms with Crippen molar-refractivity contribution in [3.8, 4) is 11.3 Å². The molecule has 0 saturated heterocycles. The number of hydrogen-bond donors (Lipinski definition) is 2. The largest absolute Gasteiger partial charge is 0.387 e. The summed E-state index contributed by atoms with van der Waals surface area (Å²) >= 11 is 0. The van der Waals surface area contributed by atoms with Crippen LogP contribution in [0.3, 0.4) is 0 Å². The number of benzene rings is 1. The van der Waals surface area contributed by atoms with Crippen LogP contribution in [0, 0.1) is 0 Å². The van der Waals surface area contributed by atoms with Gasteiger partial charge in [-0.25, -0.2) is 4.68 Å². The summed E-state index contributed by atoms with van der Waals surface area (Å²) in [6.45, 7) is 1.65. The number of primary amides is 1. The first-order valence-corrected chi connectivity index (χ1v) is 8.49. The summed E-state index contributed by atoms with van der Waals surface area (Å²) in [4.78, 5) is 11.8. The van der Waals surface area contributed by atoms with Crippen molar-refractivity contribution in [1.29, 1.82) is 0 Å². The fourth-order valence-corrected chi connectivity index (χ4v) is 3.35. The van der Waals surface area contributed by atoms with Crippen molar-refractivity contribution in [2.75, 3.05) is 0 Å². The van der Waals surface area contributed by atoms with Gasteiger partial charge in [0, 0.05) is 11.1 Å². The van der Waals surface area contributed by atoms with Crippen molar-refractivity contribution in [3.63, 3.8) is 0 Å². The second kappa shape index (κ2) is 6.38. The highest BCUT2D eigenvalue weighted by atomic mass is 16.5. The molecule has 1 unspecified atom stereocenters. The Kier molecular flexibility index (Phi) is 4.04. The Labute approximate surface area is 149 Å². The highest BCUT2D eigenvalue weighted by molar-refractivity contribution is 5.94. The standard InChI is InChI=1S/C18H19N5O3/c1-10(24)14-9-23(22-20-14)13-7-12(8-13)15-16(18(19)25)21-26-17(15)11-5-3-2-4-6-11/h2-6,9-10,12-13,24H,7-8H2,1H3,(H2,19,25). The molecule has 3 aromatic rings. The SMILES string of the molecule is CC(O)c1cn(C2CC(c3c(C(N)=O)noc3-c3ccccc3)C2)nn1. The number of aliphatic hydroxyl groups is 1. The van der Waals surface area contributed by atoms with E-state index in [0.717, 1.165) is 24.0 Å². The molecule has 2 heterocycles. The predicted molar refractivity (Wildman–Crippen MR) is 92.1 cm³/mol. The number of amides is 1. The van der Waals surface area contributed by atoms with E-state index >= 15 is 0 Å². The lowest BCUT2D eigenvalue weighted by molar-refractivity contribution is 0.0989. The number of carbonyl (C=O) groups is 1. The number of aliphatic hydroxyl groups excluding tert-OH is 1. The lowest BCUT2D eigenvalue weighted by Gasteiger charge is -2.35. The van der Waals surface area contributed by atoms with Gasteiger partial charge in [-0.15, -0.1) is 5.10 Å². The number of nitrogens with two attached hydrogens (primary N) is 1. The van der Waals surface area contributed by atoms with Crippen LogP contribution in [0.2, 0.25) is 0 Å². The third kappa shape index (κ3) is 2.78. The zero-order valence-corrected chi connectivity index (χ0v) is 14.2. The van der Waals surface area contributed by atoms with Crippen molar-refractivity contribution in [3.05, 3.63) is 53.5 Å². The van der Waals surface area contributed by atoms with Crippen LogP contribution in [-0.2, 0) is 0 Å². The van der Waals surface area contributed by atoms with Gasteiger partial charge in [0.15, 0.2) is 11.5 Å². The molecular weight excluding hydrogens is 334 g/mol. The van der Waals surface area contributed by atoms with Gasteiger partial charge in [-0.2, -0.15) is 0 Å². The molecule has 4 rings (SSSR count). The molecule has 134 valence electrons. The molecule has 3 N–H and O–H groups in total. The topological polar surface area (TPSA) is 120 Å². The minimum absolute atomic E-state index is 0.100. The van der Waals surface area contributed by atoms with E-state index in [-0.39, 0.29) is 17.7 Å². The number of carbonyl (C=O) groups excluding carboxylic acids is 1. The van der Waals surface area contributed by atoms with Crippen molar-refractivity contribution in [1.82, 2.24) is 20.2 Å². The Bertz CT molecular complexity index is 925. The van der Waals surface area contributed by atoms with E-state index in [4.69, 9.17) is 10.3 Å². The van der Waals surface area contributed by atoms with Gasteiger partial charge in [-0.1, -0.05) is 40.7 Å². The first-order chi connectivity index (χ1) is 12.5. The molecule has 1 aliphatic rings. The highest BCUT2D eigenvalue weighted by Gasteiger charge is 2.38. The molecule has 8 heteroatoms. The van der Waals surface area contributed by atoms with Crippen LogP contribution in [0.25, 0.3) is 11.3 Å². The first-order valence-electron chi connectivity index (χ1n) is 8.49. The summed E-state index contributed by atoms with van der Waals surface area (Å²) in [6, 6.07) is 9.70. The Morgan fingerprint density at radius 3 is 2.69 bits per heavy atom. The average molecular weight is 353 g/mol. The van der Waals surface area contributed by atoms with E-state index in [2.05, 4.69) is 15.5 Å². The molecule has 0 spiro atoms. The van der Waals surface area contributed by atoms with Crippen LogP contribution in [0.4, 0.5) is 0 Å². The zero-order valence-electron chi connectivity index (χ0n) is 14.2. The Morgan fingerprint density at radius 1 is 1.35 bits per heavy atom. The van der Waals surface area contributed by atoms with Gasteiger partial charge in [0.1, 0.15) is 5.69 Å². The minimum atomic E-state index is -0.649. The lowest BCUT2D eigenvalue weighted by Crippen LogP contribution is -2.28. The maximum absolute atomic E-state index is 11.8. The Hall–Kier alpha value is -3.00. The normalized spacial score (nSPS) is 20.5. The number of aromatic nitrogens is 4. The Balaban J connectivity index is 1.60. The van der Waals surface area contributed by atoms with Crippen LogP contribution in [0.1, 0.15) is 59.6 Å². The second-order valence-electron chi connectivity index (χ2n) is 6.63. The van der Waals surface area contributed by atoms with Gasteiger partial charge in [-0.05, 0) is 25.7 Å². The van der Waals surface area contributed by atoms with E-state index in [1.165, 1.54) is 0 Å². The smallest absolute Gasteiger partial charge is 0.271 e. The van der Waals surface area contributed by atoms with E-state index in [9.17, 15) is 9.90 Å². The lowest BCUT2D eigenvalue weighted by atomic mass is 9.74. The van der Waals surface area contributed by atoms with E-state index in [1.54, 1.807) is 17.8 Å². The molecule has 26 heavy (non-hydrogen) atoms. The molecular formula is C18H19N5O3. The first kappa shape index (κ1) is 16.5. The summed E-state index contributed by atoms with van der Waals surface area (Å²) in [5, 5.41) is 21.6. The summed E-state index contributed by atoms with van der Waals surface area (Å²) in [5.41, 5.74) is 7.85. The van der Waals surface area contributed by atoms with Crippen molar-refractivity contribution < 1.29 is 14.4 Å². The number of nitrogens with zero attached hydrogens (tertiary/aromatic N) is 4. The van der Waals surface area contributed by atoms with Crippen LogP contribution in [0.5, 0.6) is 0 Å². The molecule has 1 aliphatic carbocycles. The quantitative estimate of drug-likeness (QED) is 0.725. The molecule has 1 amide bonds. The fraction of sp³-hybridized carbons (Fsp3) is 0.333. The highest BCUT2D eigenvalue weighted by Crippen LogP contribution is 2.48. The number of hydrogen-bond acceptors (Lipinski definition) is 6. The maximum Gasteiger partial charge on any atom is 0.271 e. The van der Waals surface area contributed by atoms with Crippen LogP contribution in [0.15, 0.2) is 41.1 Å². The number of rotatable bonds is 5. The van der Waals surface area contributed by atoms with E-state index < -0.39 is 12.0 Å². The molecule has 2 aromatic heterocycles. The Morgan fingerprint density at radius 2 is 2.08 bits per heavy atom. The monoisotopic (exact) mass is 353 g/mol. The fourth-order valence-electron chi connectivity index (χ4n) is 3.35. The molecule has 1 atom stereocenters. The summed E-state index contributed by atoms with van der Waals surface area (Å²) in [5.74, 6) is 0.0980. The zero-order chi connectivity index (χ0) is 18.3. The molecule has 1 saturated carbocycles. The van der Waals surface area contributed by atoms with Gasteiger partial charge in [-0.3, -0.25) is 4.79 Å². The third-order valence-corrected chi connectivity index (χ3v) is 4.85. The summed E-state index contributed by atoms with van der Waals surface area (Å²) < 4.78 is 7.22. The van der Waals surface area contributed by atoms with E-state index in [1.807, 2.05) is 30.3 Å². The van der Waals surface area contributed by atoms with Crippen molar-refractivity contribution >= 4 is 5.91 Å². The molecule has 0 radical (unpaired) electrons. The molecule has 1 fully saturated rings. The van der Waals surface area contributed by atoms with Gasteiger partial charge in [0.25, 0.3) is 5.91 Å². The molecule has 0 aliphatic heterocycles. The van der Waals surface area contributed by atoms with Crippen molar-refractivity contribution in [2.45, 2.75) is 37.8 Å². The van der Waals surface area contributed by atoms with E-state index in [0.29, 0.717) is 11.5 Å². The van der Waals surface area contributed by atoms with Crippen LogP contribution >= 0.6 is 0 Å². The molecule has 0 bridgehead atoms. The molecule has 1 aromatic carbocycles. The maximum atomic E-state index is 11.8. The van der Waals surface area contributed by atoms with Crippen LogP contribution < -0.4 is 5.73 Å². The van der Waals surface area contributed by atoms with Gasteiger partial charge < -0.3 is 15.4 Å². The summed E-state index contributed by atoms with van der Waals surface area (Å²) in [6.07, 6.45) is 2.64. The molecule has 8 nitrogen and oxygen atoms in total. The average Bonchev–Trinajstić information content (AvgIpc) is 3.22. The summed E-state index contributed by atoms with van der Waals surface area (Å²) in [7, 11) is 0. The minimum Gasteiger partial charge on any atom is -0.387 e. The predicted octanol–water partition coefficient (Wildman–Crippen LogP) is 2.20. The second-order valence-corrected chi connectivity index (χ2v) is 6.63. The van der Waals surface area contributed by atoms with Crippen molar-refractivity contribution in [2.24, 2.45) is 5.73 Å². The van der Waals surface area contributed by atoms with Gasteiger partial charge in [0.2, 0.25) is 0 Å². The third-order valence-electron chi connectivity index (χ3n) is 4.85. The van der Waals surface area contributed by atoms with Gasteiger partial charge >= 0.3 is 0 Å².